The van der Waals surface area contributed by atoms with Gasteiger partial charge in [-0.3, -0.25) is 38.4 Å². The van der Waals surface area contributed by atoms with Crippen molar-refractivity contribution in [1.82, 2.24) is 36.4 Å². The molecular weight excluding hydrogens is 949 g/mol. The highest BCUT2D eigenvalue weighted by atomic mass is 16.3. The Bertz CT molecular complexity index is 2020. The van der Waals surface area contributed by atoms with Crippen molar-refractivity contribution >= 4 is 47.3 Å². The molecule has 22 heteroatoms. The SMILES string of the molecule is CC(C)C(C)CCCCCCCCCCC(=O)N[C@H]1CCCNC(=O)[C@H]2[C@H](O)[C@H](C)CN2C(=O)[C@H]([C@H](O)CC(N)=O)NC(=O)[C@H]([C@H](O)Cc2ccc(O)cc2)NC(=O)C2C[C@@H](O)CN2C(=O)[C@@H]([C@H](C)O)NC1=O. The van der Waals surface area contributed by atoms with Gasteiger partial charge in [0.1, 0.15) is 42.0 Å². The number of nitrogens with one attached hydrogen (secondary N) is 5. The molecule has 22 nitrogen and oxygen atoms in total. The van der Waals surface area contributed by atoms with E-state index in [1.54, 1.807) is 6.92 Å². The Balaban J connectivity index is 1.63. The molecule has 410 valence electrons. The third kappa shape index (κ3) is 17.9. The van der Waals surface area contributed by atoms with Crippen LogP contribution >= 0.6 is 0 Å². The van der Waals surface area contributed by atoms with Crippen molar-refractivity contribution < 1.29 is 69.0 Å². The number of fused-ring (bicyclic) bond motifs is 2. The van der Waals surface area contributed by atoms with Crippen molar-refractivity contribution in [1.29, 1.82) is 0 Å². The second-order valence-electron chi connectivity index (χ2n) is 20.8. The summed E-state index contributed by atoms with van der Waals surface area (Å²) in [5.41, 5.74) is 5.75. The third-order valence-electron chi connectivity index (χ3n) is 14.5. The molecule has 2 unspecified atom stereocenters. The van der Waals surface area contributed by atoms with Crippen molar-refractivity contribution in [3.05, 3.63) is 29.8 Å². The van der Waals surface area contributed by atoms with Crippen LogP contribution in [0.25, 0.3) is 0 Å². The van der Waals surface area contributed by atoms with Gasteiger partial charge in [-0.2, -0.15) is 0 Å². The first kappa shape index (κ1) is 60.1. The Labute approximate surface area is 428 Å². The lowest BCUT2D eigenvalue weighted by atomic mass is 9.92. The quantitative estimate of drug-likeness (QED) is 0.0707. The van der Waals surface area contributed by atoms with Crippen LogP contribution in [0.5, 0.6) is 5.75 Å². The fourth-order valence-corrected chi connectivity index (χ4v) is 9.63. The molecular formula is C51H82N8O14. The minimum Gasteiger partial charge on any atom is -0.508 e. The summed E-state index contributed by atoms with van der Waals surface area (Å²) in [6.07, 6.45) is -0.685. The van der Waals surface area contributed by atoms with E-state index in [4.69, 9.17) is 5.73 Å². The van der Waals surface area contributed by atoms with Crippen LogP contribution in [0, 0.1) is 17.8 Å². The smallest absolute Gasteiger partial charge is 0.248 e. The molecule has 0 aliphatic carbocycles. The van der Waals surface area contributed by atoms with Crippen LogP contribution in [0.3, 0.4) is 0 Å². The van der Waals surface area contributed by atoms with E-state index >= 15 is 0 Å². The number of aromatic hydroxyl groups is 1. The topological polar surface area (TPSA) is 351 Å². The summed E-state index contributed by atoms with van der Waals surface area (Å²) in [5, 5.41) is 78.4. The molecule has 8 amide bonds. The van der Waals surface area contributed by atoms with Gasteiger partial charge in [0.15, 0.2) is 0 Å². The number of unbranched alkanes of at least 4 members (excludes halogenated alkanes) is 7. The van der Waals surface area contributed by atoms with E-state index in [2.05, 4.69) is 47.4 Å². The number of carbonyl (C=O) groups is 8. The van der Waals surface area contributed by atoms with Crippen LogP contribution in [0.15, 0.2) is 24.3 Å². The van der Waals surface area contributed by atoms with Gasteiger partial charge in [-0.15, -0.1) is 0 Å². The van der Waals surface area contributed by atoms with Crippen LogP contribution in [-0.2, 0) is 44.8 Å². The predicted molar refractivity (Wildman–Crippen MR) is 266 cm³/mol. The number of carbonyl (C=O) groups excluding carboxylic acids is 8. The average Bonchev–Trinajstić information content (AvgIpc) is 3.87. The van der Waals surface area contributed by atoms with Gasteiger partial charge in [-0.1, -0.05) is 91.2 Å². The van der Waals surface area contributed by atoms with Crippen molar-refractivity contribution in [2.45, 2.75) is 198 Å². The van der Waals surface area contributed by atoms with E-state index in [-0.39, 0.29) is 44.5 Å². The molecule has 0 saturated carbocycles. The number of phenolic OH excluding ortho intramolecular Hbond substituents is 1. The summed E-state index contributed by atoms with van der Waals surface area (Å²) in [6, 6.07) is -4.78. The zero-order valence-corrected chi connectivity index (χ0v) is 43.0. The van der Waals surface area contributed by atoms with Crippen LogP contribution in [-0.4, -0.2) is 174 Å². The molecule has 3 saturated heterocycles. The van der Waals surface area contributed by atoms with Crippen molar-refractivity contribution in [3.8, 4) is 5.75 Å². The number of primary amides is 1. The van der Waals surface area contributed by atoms with E-state index in [1.807, 2.05) is 0 Å². The van der Waals surface area contributed by atoms with Gasteiger partial charge in [0, 0.05) is 44.8 Å². The molecule has 0 radical (unpaired) electrons. The first-order valence-electron chi connectivity index (χ1n) is 26.1. The molecule has 0 spiro atoms. The molecule has 3 fully saturated rings. The molecule has 3 aliphatic rings. The van der Waals surface area contributed by atoms with Crippen molar-refractivity contribution in [2.24, 2.45) is 23.5 Å². The Kier molecular flexibility index (Phi) is 23.8. The van der Waals surface area contributed by atoms with Crippen molar-refractivity contribution in [3.63, 3.8) is 0 Å². The van der Waals surface area contributed by atoms with Crippen LogP contribution in [0.1, 0.15) is 130 Å². The maximum Gasteiger partial charge on any atom is 0.248 e. The number of hydrogen-bond acceptors (Lipinski definition) is 14. The van der Waals surface area contributed by atoms with Crippen LogP contribution in [0.2, 0.25) is 0 Å². The number of rotatable bonds is 20. The second kappa shape index (κ2) is 28.9. The molecule has 3 aliphatic heterocycles. The Morgan fingerprint density at radius 3 is 1.95 bits per heavy atom. The van der Waals surface area contributed by atoms with E-state index in [0.717, 1.165) is 41.9 Å². The van der Waals surface area contributed by atoms with Gasteiger partial charge in [-0.25, -0.2) is 0 Å². The zero-order chi connectivity index (χ0) is 54.1. The first-order chi connectivity index (χ1) is 34.5. The maximum atomic E-state index is 14.5. The molecule has 13 atom stereocenters. The lowest BCUT2D eigenvalue weighted by Gasteiger charge is -2.33. The number of nitrogens with two attached hydrogens (primary N) is 1. The number of amides is 8. The Morgan fingerprint density at radius 2 is 1.33 bits per heavy atom. The number of nitrogens with zero attached hydrogens (tertiary/aromatic N) is 2. The highest BCUT2D eigenvalue weighted by Crippen LogP contribution is 2.27. The highest BCUT2D eigenvalue weighted by molar-refractivity contribution is 5.98. The van der Waals surface area contributed by atoms with Gasteiger partial charge < -0.3 is 72.8 Å². The molecule has 0 bridgehead atoms. The Morgan fingerprint density at radius 1 is 0.740 bits per heavy atom. The summed E-state index contributed by atoms with van der Waals surface area (Å²) in [7, 11) is 0. The van der Waals surface area contributed by atoms with E-state index < -0.39 is 139 Å². The third-order valence-corrected chi connectivity index (χ3v) is 14.5. The van der Waals surface area contributed by atoms with Crippen molar-refractivity contribution in [2.75, 3.05) is 19.6 Å². The molecule has 0 aromatic heterocycles. The van der Waals surface area contributed by atoms with Gasteiger partial charge in [0.2, 0.25) is 47.3 Å². The number of aliphatic hydroxyl groups is 5. The van der Waals surface area contributed by atoms with Crippen LogP contribution in [0.4, 0.5) is 0 Å². The normalized spacial score (nSPS) is 27.6. The summed E-state index contributed by atoms with van der Waals surface area (Å²) < 4.78 is 0. The van der Waals surface area contributed by atoms with E-state index in [1.165, 1.54) is 50.5 Å². The number of aliphatic hydroxyl groups excluding tert-OH is 5. The van der Waals surface area contributed by atoms with Crippen LogP contribution < -0.4 is 32.3 Å². The minimum atomic E-state index is -2.06. The first-order valence-corrected chi connectivity index (χ1v) is 26.1. The number of benzene rings is 1. The predicted octanol–water partition coefficient (Wildman–Crippen LogP) is -0.875. The summed E-state index contributed by atoms with van der Waals surface area (Å²) in [6.45, 7) is 8.67. The average molecular weight is 1030 g/mol. The van der Waals surface area contributed by atoms with E-state index in [0.29, 0.717) is 23.8 Å². The lowest BCUT2D eigenvalue weighted by Crippen LogP contribution is -2.64. The van der Waals surface area contributed by atoms with Gasteiger partial charge in [0.25, 0.3) is 0 Å². The molecule has 3 heterocycles. The number of hydrogen-bond donors (Lipinski definition) is 12. The van der Waals surface area contributed by atoms with Gasteiger partial charge in [-0.05, 0) is 55.7 Å². The minimum absolute atomic E-state index is 0.0323. The largest absolute Gasteiger partial charge is 0.508 e. The number of phenols is 1. The fraction of sp³-hybridized carbons (Fsp3) is 0.725. The fourth-order valence-electron chi connectivity index (χ4n) is 9.63. The monoisotopic (exact) mass is 1030 g/mol. The summed E-state index contributed by atoms with van der Waals surface area (Å²) >= 11 is 0. The summed E-state index contributed by atoms with van der Waals surface area (Å²) in [5.74, 6) is -7.24. The molecule has 4 rings (SSSR count). The zero-order valence-electron chi connectivity index (χ0n) is 43.0. The lowest BCUT2D eigenvalue weighted by molar-refractivity contribution is -0.147. The second-order valence-corrected chi connectivity index (χ2v) is 20.8. The molecule has 13 N–H and O–H groups in total. The maximum absolute atomic E-state index is 14.5. The molecule has 1 aromatic rings. The molecule has 1 aromatic carbocycles. The summed E-state index contributed by atoms with van der Waals surface area (Å²) in [4.78, 5) is 113. The standard InChI is InChI=1S/C51H82N8O14/c1-28(2)29(3)15-12-10-8-6-7-9-11-13-17-40(66)54-35-16-14-22-53-49(71)44-45(67)30(4)26-59(44)51(73)43(38(64)25-39(52)65)57-48(70)42(37(63)23-32-18-20-33(61)21-19-32)56-47(69)36-24-34(62)27-58(36)50(72)41(31(5)60)55-46(35)68/h18-21,28-31,34-38,41-45,60-64,67H,6-17,22-27H2,1-5H3,(H2,52,65)(H,53,71)(H,54,66)(H,55,68)(H,56,69)(H,57,70)/t29?,30-,31+,34-,35+,36?,37-,38-,41-,42+,43+,44-,45-/m1/s1. The Hall–Kier alpha value is -5.42. The van der Waals surface area contributed by atoms with Gasteiger partial charge in [0.05, 0.1) is 36.9 Å². The van der Waals surface area contributed by atoms with E-state index in [9.17, 15) is 69.0 Å². The van der Waals surface area contributed by atoms with Gasteiger partial charge >= 0.3 is 0 Å². The highest BCUT2D eigenvalue weighted by Gasteiger charge is 2.49. The molecule has 73 heavy (non-hydrogen) atoms.